The van der Waals surface area contributed by atoms with E-state index in [1.807, 2.05) is 30.3 Å². The Morgan fingerprint density at radius 3 is 2.34 bits per heavy atom. The second-order valence-corrected chi connectivity index (χ2v) is 10.7. The number of morpholine rings is 1. The van der Waals surface area contributed by atoms with E-state index in [0.29, 0.717) is 6.54 Å². The van der Waals surface area contributed by atoms with Crippen LogP contribution in [0.1, 0.15) is 49.3 Å². The standard InChI is InChI=1S/C30H41N3O2/c1-30(2,3)27-13-11-25(12-14-27)22-33-15-7-10-28(33)23-32(17-16-31-18-20-35-21-19-31)24-29(34)26-8-5-4-6-9-26/h4-15,29,34H,16-24H2,1-3H3. The fourth-order valence-corrected chi connectivity index (χ4v) is 4.65. The molecule has 2 heterocycles. The molecule has 0 aliphatic carbocycles. The molecule has 1 aliphatic heterocycles. The van der Waals surface area contributed by atoms with Gasteiger partial charge in [-0.25, -0.2) is 0 Å². The quantitative estimate of drug-likeness (QED) is 0.461. The molecule has 1 atom stereocenters. The average Bonchev–Trinajstić information content (AvgIpc) is 3.29. The predicted molar refractivity (Wildman–Crippen MR) is 143 cm³/mol. The molecule has 1 fully saturated rings. The van der Waals surface area contributed by atoms with E-state index in [0.717, 1.165) is 58.0 Å². The summed E-state index contributed by atoms with van der Waals surface area (Å²) in [6.45, 7) is 14.5. The van der Waals surface area contributed by atoms with E-state index in [9.17, 15) is 5.11 Å². The minimum absolute atomic E-state index is 0.164. The lowest BCUT2D eigenvalue weighted by molar-refractivity contribution is 0.0289. The third-order valence-electron chi connectivity index (χ3n) is 6.93. The van der Waals surface area contributed by atoms with Crippen LogP contribution in [0.3, 0.4) is 0 Å². The molecular formula is C30H41N3O2. The SMILES string of the molecule is CC(C)(C)c1ccc(Cn2cccc2CN(CCN2CCOCC2)CC(O)c2ccccc2)cc1. The second kappa shape index (κ2) is 12.0. The summed E-state index contributed by atoms with van der Waals surface area (Å²) in [5, 5.41) is 11.0. The van der Waals surface area contributed by atoms with Crippen molar-refractivity contribution in [2.45, 2.75) is 45.4 Å². The molecule has 0 saturated carbocycles. The molecule has 1 aromatic heterocycles. The van der Waals surface area contributed by atoms with Gasteiger partial charge in [0, 0.05) is 57.7 Å². The van der Waals surface area contributed by atoms with Gasteiger partial charge in [0.2, 0.25) is 0 Å². The van der Waals surface area contributed by atoms with Crippen LogP contribution in [0.2, 0.25) is 0 Å². The van der Waals surface area contributed by atoms with Crippen LogP contribution in [-0.4, -0.2) is 65.4 Å². The molecule has 0 bridgehead atoms. The molecule has 0 spiro atoms. The maximum absolute atomic E-state index is 11.0. The topological polar surface area (TPSA) is 40.9 Å². The molecule has 2 aromatic carbocycles. The summed E-state index contributed by atoms with van der Waals surface area (Å²) in [4.78, 5) is 4.85. The van der Waals surface area contributed by atoms with Crippen LogP contribution in [0.15, 0.2) is 72.9 Å². The van der Waals surface area contributed by atoms with Gasteiger partial charge in [-0.05, 0) is 34.2 Å². The van der Waals surface area contributed by atoms with Crippen LogP contribution in [0.5, 0.6) is 0 Å². The summed E-state index contributed by atoms with van der Waals surface area (Å²) in [5.41, 5.74) is 5.07. The van der Waals surface area contributed by atoms with Gasteiger partial charge in [0.1, 0.15) is 0 Å². The predicted octanol–water partition coefficient (Wildman–Crippen LogP) is 4.70. The first kappa shape index (κ1) is 25.6. The van der Waals surface area contributed by atoms with Crippen LogP contribution in [0, 0.1) is 0 Å². The minimum atomic E-state index is -0.505. The summed E-state index contributed by atoms with van der Waals surface area (Å²) in [6, 6.07) is 23.3. The highest BCUT2D eigenvalue weighted by Gasteiger charge is 2.18. The number of nitrogens with zero attached hydrogens (tertiary/aromatic N) is 3. The van der Waals surface area contributed by atoms with Gasteiger partial charge in [-0.2, -0.15) is 0 Å². The normalized spacial score (nSPS) is 16.0. The molecule has 1 unspecified atom stereocenters. The van der Waals surface area contributed by atoms with E-state index >= 15 is 0 Å². The Hall–Kier alpha value is -2.44. The second-order valence-electron chi connectivity index (χ2n) is 10.7. The first-order valence-electron chi connectivity index (χ1n) is 12.9. The van der Waals surface area contributed by atoms with E-state index < -0.39 is 6.10 Å². The monoisotopic (exact) mass is 475 g/mol. The summed E-state index contributed by atoms with van der Waals surface area (Å²) < 4.78 is 7.85. The Morgan fingerprint density at radius 1 is 0.943 bits per heavy atom. The first-order chi connectivity index (χ1) is 16.9. The van der Waals surface area contributed by atoms with Crippen molar-refractivity contribution in [1.29, 1.82) is 0 Å². The van der Waals surface area contributed by atoms with E-state index in [-0.39, 0.29) is 5.41 Å². The number of aromatic nitrogens is 1. The van der Waals surface area contributed by atoms with Gasteiger partial charge in [0.05, 0.1) is 19.3 Å². The van der Waals surface area contributed by atoms with Crippen molar-refractivity contribution >= 4 is 0 Å². The number of rotatable bonds is 10. The van der Waals surface area contributed by atoms with E-state index in [1.165, 1.54) is 16.8 Å². The molecule has 35 heavy (non-hydrogen) atoms. The van der Waals surface area contributed by atoms with Gasteiger partial charge in [0.25, 0.3) is 0 Å². The fraction of sp³-hybridized carbons (Fsp3) is 0.467. The van der Waals surface area contributed by atoms with E-state index in [4.69, 9.17) is 4.74 Å². The zero-order chi connectivity index (χ0) is 24.7. The summed E-state index contributed by atoms with van der Waals surface area (Å²) in [6.07, 6.45) is 1.66. The molecule has 188 valence electrons. The van der Waals surface area contributed by atoms with Gasteiger partial charge in [0.15, 0.2) is 0 Å². The lowest BCUT2D eigenvalue weighted by Crippen LogP contribution is -2.42. The van der Waals surface area contributed by atoms with Crippen molar-refractivity contribution in [3.63, 3.8) is 0 Å². The molecule has 1 aliphatic rings. The third-order valence-corrected chi connectivity index (χ3v) is 6.93. The molecule has 4 rings (SSSR count). The van der Waals surface area contributed by atoms with Gasteiger partial charge in [-0.15, -0.1) is 0 Å². The number of aliphatic hydroxyl groups excluding tert-OH is 1. The summed E-state index contributed by atoms with van der Waals surface area (Å²) in [5.74, 6) is 0. The van der Waals surface area contributed by atoms with Gasteiger partial charge in [-0.3, -0.25) is 9.80 Å². The average molecular weight is 476 g/mol. The Bertz CT molecular complexity index is 1020. The van der Waals surface area contributed by atoms with Crippen molar-refractivity contribution in [2.75, 3.05) is 45.9 Å². The zero-order valence-electron chi connectivity index (χ0n) is 21.6. The number of hydrogen-bond acceptors (Lipinski definition) is 4. The first-order valence-corrected chi connectivity index (χ1v) is 12.9. The van der Waals surface area contributed by atoms with Gasteiger partial charge < -0.3 is 14.4 Å². The molecule has 5 nitrogen and oxygen atoms in total. The molecule has 5 heteroatoms. The summed E-state index contributed by atoms with van der Waals surface area (Å²) in [7, 11) is 0. The molecule has 0 radical (unpaired) electrons. The van der Waals surface area contributed by atoms with Crippen molar-refractivity contribution in [2.24, 2.45) is 0 Å². The molecule has 1 N–H and O–H groups in total. The van der Waals surface area contributed by atoms with Gasteiger partial charge >= 0.3 is 0 Å². The zero-order valence-corrected chi connectivity index (χ0v) is 21.6. The smallest absolute Gasteiger partial charge is 0.0917 e. The largest absolute Gasteiger partial charge is 0.387 e. The molecule has 3 aromatic rings. The molecular weight excluding hydrogens is 434 g/mol. The maximum atomic E-state index is 11.0. The lowest BCUT2D eigenvalue weighted by atomic mass is 9.87. The van der Waals surface area contributed by atoms with Crippen LogP contribution in [-0.2, 0) is 23.2 Å². The summed E-state index contributed by atoms with van der Waals surface area (Å²) >= 11 is 0. The van der Waals surface area contributed by atoms with E-state index in [1.54, 1.807) is 0 Å². The number of ether oxygens (including phenoxy) is 1. The Kier molecular flexibility index (Phi) is 8.79. The highest BCUT2D eigenvalue weighted by Crippen LogP contribution is 2.23. The maximum Gasteiger partial charge on any atom is 0.0917 e. The van der Waals surface area contributed by atoms with Crippen molar-refractivity contribution < 1.29 is 9.84 Å². The molecule has 0 amide bonds. The number of hydrogen-bond donors (Lipinski definition) is 1. The fourth-order valence-electron chi connectivity index (χ4n) is 4.65. The highest BCUT2D eigenvalue weighted by atomic mass is 16.5. The minimum Gasteiger partial charge on any atom is -0.387 e. The Labute approximate surface area is 210 Å². The molecule has 1 saturated heterocycles. The lowest BCUT2D eigenvalue weighted by Gasteiger charge is -2.31. The Morgan fingerprint density at radius 2 is 1.66 bits per heavy atom. The van der Waals surface area contributed by atoms with Crippen LogP contribution in [0.4, 0.5) is 0 Å². The van der Waals surface area contributed by atoms with Crippen molar-refractivity contribution in [3.8, 4) is 0 Å². The van der Waals surface area contributed by atoms with Crippen LogP contribution >= 0.6 is 0 Å². The highest BCUT2D eigenvalue weighted by molar-refractivity contribution is 5.28. The number of benzene rings is 2. The third kappa shape index (κ3) is 7.52. The number of aliphatic hydroxyl groups is 1. The van der Waals surface area contributed by atoms with Crippen LogP contribution < -0.4 is 0 Å². The van der Waals surface area contributed by atoms with Crippen molar-refractivity contribution in [1.82, 2.24) is 14.4 Å². The van der Waals surface area contributed by atoms with E-state index in [2.05, 4.69) is 77.7 Å². The Balaban J connectivity index is 1.44. The van der Waals surface area contributed by atoms with Crippen molar-refractivity contribution in [3.05, 3.63) is 95.3 Å². The van der Waals surface area contributed by atoms with Crippen LogP contribution in [0.25, 0.3) is 0 Å². The van der Waals surface area contributed by atoms with Gasteiger partial charge in [-0.1, -0.05) is 75.4 Å².